The number of hydrogen-bond acceptors (Lipinski definition) is 6. The van der Waals surface area contributed by atoms with E-state index >= 15 is 0 Å². The minimum Gasteiger partial charge on any atom is -0.434 e. The lowest BCUT2D eigenvalue weighted by atomic mass is 10.2. The molecule has 162 valence electrons. The number of rotatable bonds is 9. The number of nitrogens with one attached hydrogen (secondary N) is 1. The summed E-state index contributed by atoms with van der Waals surface area (Å²) in [6.07, 6.45) is 4.28. The molecule has 0 bridgehead atoms. The number of thiocarbonyl (C=S) groups is 1. The highest BCUT2D eigenvalue weighted by Gasteiger charge is 2.32. The number of carbonyl (C=O) groups excluding carboxylic acids is 2. The first-order valence-electron chi connectivity index (χ1n) is 9.61. The third-order valence-electron chi connectivity index (χ3n) is 4.63. The van der Waals surface area contributed by atoms with Crippen LogP contribution in [-0.2, 0) is 14.3 Å². The minimum atomic E-state index is -2.96. The van der Waals surface area contributed by atoms with E-state index in [1.165, 1.54) is 17.0 Å². The monoisotopic (exact) mass is 456 g/mol. The summed E-state index contributed by atoms with van der Waals surface area (Å²) in [7, 11) is 0. The highest BCUT2D eigenvalue weighted by atomic mass is 32.2. The zero-order valence-corrected chi connectivity index (χ0v) is 17.8. The van der Waals surface area contributed by atoms with Crippen molar-refractivity contribution >= 4 is 46.2 Å². The van der Waals surface area contributed by atoms with Crippen LogP contribution in [0.25, 0.3) is 6.08 Å². The Kier molecular flexibility index (Phi) is 8.17. The second-order valence-corrected chi connectivity index (χ2v) is 8.47. The van der Waals surface area contributed by atoms with Crippen molar-refractivity contribution in [3.63, 3.8) is 0 Å². The average Bonchev–Trinajstić information content (AvgIpc) is 3.31. The van der Waals surface area contributed by atoms with Crippen LogP contribution in [0.2, 0.25) is 0 Å². The van der Waals surface area contributed by atoms with Crippen LogP contribution in [0.3, 0.4) is 0 Å². The van der Waals surface area contributed by atoms with Gasteiger partial charge < -0.3 is 14.8 Å². The molecule has 0 saturated carbocycles. The molecule has 2 heterocycles. The summed E-state index contributed by atoms with van der Waals surface area (Å²) in [5.74, 6) is -0.415. The van der Waals surface area contributed by atoms with Gasteiger partial charge in [0.15, 0.2) is 0 Å². The van der Waals surface area contributed by atoms with E-state index in [0.717, 1.165) is 31.2 Å². The van der Waals surface area contributed by atoms with Crippen LogP contribution in [0.1, 0.15) is 31.2 Å². The summed E-state index contributed by atoms with van der Waals surface area (Å²) < 4.78 is 35.5. The van der Waals surface area contributed by atoms with Gasteiger partial charge in [0, 0.05) is 31.7 Å². The van der Waals surface area contributed by atoms with Gasteiger partial charge in [-0.15, -0.1) is 0 Å². The van der Waals surface area contributed by atoms with Crippen LogP contribution in [0, 0.1) is 0 Å². The van der Waals surface area contributed by atoms with E-state index in [-0.39, 0.29) is 30.1 Å². The van der Waals surface area contributed by atoms with Crippen molar-refractivity contribution in [2.45, 2.75) is 38.4 Å². The fourth-order valence-electron chi connectivity index (χ4n) is 3.16. The van der Waals surface area contributed by atoms with Gasteiger partial charge in [-0.05, 0) is 31.4 Å². The first-order valence-corrected chi connectivity index (χ1v) is 10.8. The molecular formula is C20H22F2N2O4S2. The Morgan fingerprint density at radius 1 is 1.43 bits per heavy atom. The molecule has 1 N–H and O–H groups in total. The molecule has 0 spiro atoms. The van der Waals surface area contributed by atoms with Crippen molar-refractivity contribution in [1.29, 1.82) is 0 Å². The van der Waals surface area contributed by atoms with Gasteiger partial charge in [0.25, 0.3) is 5.91 Å². The number of alkyl halides is 2. The van der Waals surface area contributed by atoms with E-state index in [0.29, 0.717) is 34.3 Å². The van der Waals surface area contributed by atoms with Crippen LogP contribution in [-0.4, -0.2) is 53.4 Å². The third kappa shape index (κ3) is 6.23. The Morgan fingerprint density at radius 2 is 2.23 bits per heavy atom. The second kappa shape index (κ2) is 10.8. The third-order valence-corrected chi connectivity index (χ3v) is 6.01. The lowest BCUT2D eigenvalue weighted by Gasteiger charge is -2.15. The van der Waals surface area contributed by atoms with E-state index in [2.05, 4.69) is 10.1 Å². The first kappa shape index (κ1) is 22.6. The van der Waals surface area contributed by atoms with Gasteiger partial charge in [-0.25, -0.2) is 0 Å². The van der Waals surface area contributed by atoms with Crippen molar-refractivity contribution in [2.24, 2.45) is 0 Å². The van der Waals surface area contributed by atoms with Gasteiger partial charge in [0.2, 0.25) is 5.91 Å². The molecule has 1 atom stereocenters. The SMILES string of the molecule is O=C(CCCN1C(=O)/C(=C/c2ccccc2OC(F)F)SC1=S)NC[C@@H]1CCCO1. The molecule has 2 aliphatic heterocycles. The van der Waals surface area contributed by atoms with Crippen LogP contribution in [0.4, 0.5) is 8.78 Å². The van der Waals surface area contributed by atoms with Crippen LogP contribution >= 0.6 is 24.0 Å². The number of amides is 2. The molecule has 10 heteroatoms. The highest BCUT2D eigenvalue weighted by molar-refractivity contribution is 8.26. The van der Waals surface area contributed by atoms with E-state index in [4.69, 9.17) is 17.0 Å². The maximum Gasteiger partial charge on any atom is 0.387 e. The zero-order valence-electron chi connectivity index (χ0n) is 16.1. The Bertz CT molecular complexity index is 829. The smallest absolute Gasteiger partial charge is 0.387 e. The number of nitrogens with zero attached hydrogens (tertiary/aromatic N) is 1. The van der Waals surface area contributed by atoms with Crippen LogP contribution < -0.4 is 10.1 Å². The minimum absolute atomic E-state index is 0.0133. The predicted molar refractivity (Wildman–Crippen MR) is 114 cm³/mol. The van der Waals surface area contributed by atoms with Crippen LogP contribution in [0.5, 0.6) is 5.75 Å². The van der Waals surface area contributed by atoms with Gasteiger partial charge in [0.1, 0.15) is 10.1 Å². The Hall–Kier alpha value is -2.04. The van der Waals surface area contributed by atoms with Gasteiger partial charge >= 0.3 is 6.61 Å². The van der Waals surface area contributed by atoms with Crippen molar-refractivity contribution in [2.75, 3.05) is 19.7 Å². The molecule has 0 unspecified atom stereocenters. The quantitative estimate of drug-likeness (QED) is 0.453. The Morgan fingerprint density at radius 3 is 2.97 bits per heavy atom. The van der Waals surface area contributed by atoms with Crippen molar-refractivity contribution in [1.82, 2.24) is 10.2 Å². The van der Waals surface area contributed by atoms with E-state index < -0.39 is 6.61 Å². The molecule has 0 aromatic heterocycles. The van der Waals surface area contributed by atoms with E-state index in [9.17, 15) is 18.4 Å². The largest absolute Gasteiger partial charge is 0.434 e. The number of benzene rings is 1. The molecule has 2 amide bonds. The van der Waals surface area contributed by atoms with Crippen LogP contribution in [0.15, 0.2) is 29.2 Å². The maximum atomic E-state index is 12.7. The molecule has 0 aliphatic carbocycles. The summed E-state index contributed by atoms with van der Waals surface area (Å²) in [6, 6.07) is 6.24. The lowest BCUT2D eigenvalue weighted by Crippen LogP contribution is -2.33. The number of para-hydroxylation sites is 1. The maximum absolute atomic E-state index is 12.7. The normalized spacial score (nSPS) is 20.4. The molecule has 2 fully saturated rings. The van der Waals surface area contributed by atoms with Gasteiger partial charge in [-0.3, -0.25) is 14.5 Å². The van der Waals surface area contributed by atoms with Gasteiger partial charge in [-0.2, -0.15) is 8.78 Å². The van der Waals surface area contributed by atoms with Crippen molar-refractivity contribution < 1.29 is 27.8 Å². The number of hydrogen-bond donors (Lipinski definition) is 1. The molecule has 2 aliphatic rings. The summed E-state index contributed by atoms with van der Waals surface area (Å²) in [5, 5.41) is 2.84. The standard InChI is InChI=1S/C20H22F2N2O4S2/c21-19(22)28-15-7-2-1-5-13(15)11-16-18(26)24(20(29)30-16)9-3-8-17(25)23-12-14-6-4-10-27-14/h1-2,5,7,11,14,19H,3-4,6,8-10,12H2,(H,23,25)/b16-11-/t14-/m0/s1. The number of carbonyl (C=O) groups is 2. The molecule has 30 heavy (non-hydrogen) atoms. The second-order valence-electron chi connectivity index (χ2n) is 6.79. The summed E-state index contributed by atoms with van der Waals surface area (Å²) >= 11 is 6.37. The Balaban J connectivity index is 1.52. The van der Waals surface area contributed by atoms with Crippen molar-refractivity contribution in [3.05, 3.63) is 34.7 Å². The van der Waals surface area contributed by atoms with Crippen molar-refractivity contribution in [3.8, 4) is 5.75 Å². The Labute approximate surface area is 183 Å². The van der Waals surface area contributed by atoms with E-state index in [1.807, 2.05) is 0 Å². The zero-order chi connectivity index (χ0) is 21.5. The fourth-order valence-corrected chi connectivity index (χ4v) is 4.46. The topological polar surface area (TPSA) is 67.9 Å². The molecule has 2 saturated heterocycles. The highest BCUT2D eigenvalue weighted by Crippen LogP contribution is 2.34. The summed E-state index contributed by atoms with van der Waals surface area (Å²) in [6.45, 7) is -1.41. The lowest BCUT2D eigenvalue weighted by molar-refractivity contribution is -0.124. The fraction of sp³-hybridized carbons (Fsp3) is 0.450. The van der Waals surface area contributed by atoms with E-state index in [1.54, 1.807) is 18.2 Å². The molecule has 1 aromatic carbocycles. The molecular weight excluding hydrogens is 434 g/mol. The predicted octanol–water partition coefficient (Wildman–Crippen LogP) is 3.56. The van der Waals surface area contributed by atoms with Gasteiger partial charge in [-0.1, -0.05) is 42.2 Å². The number of halogens is 2. The molecule has 6 nitrogen and oxygen atoms in total. The number of ether oxygens (including phenoxy) is 2. The summed E-state index contributed by atoms with van der Waals surface area (Å²) in [4.78, 5) is 26.4. The molecule has 3 rings (SSSR count). The summed E-state index contributed by atoms with van der Waals surface area (Å²) in [5.41, 5.74) is 0.367. The molecule has 1 aromatic rings. The first-order chi connectivity index (χ1) is 14.4. The molecule has 0 radical (unpaired) electrons. The average molecular weight is 457 g/mol. The number of thioether (sulfide) groups is 1. The van der Waals surface area contributed by atoms with Gasteiger partial charge in [0.05, 0.1) is 11.0 Å².